The zero-order valence-electron chi connectivity index (χ0n) is 26.4. The Bertz CT molecular complexity index is 1820. The van der Waals surface area contributed by atoms with Crippen LogP contribution in [0, 0.1) is 29.1 Å². The van der Waals surface area contributed by atoms with Gasteiger partial charge >= 0.3 is 17.8 Å². The number of aryl methyl sites for hydroxylation is 1. The molecule has 0 unspecified atom stereocenters. The molecular weight excluding hydrogens is 609 g/mol. The zero-order chi connectivity index (χ0) is 33.1. The lowest BCUT2D eigenvalue weighted by atomic mass is 9.53. The molecule has 4 fully saturated rings. The van der Waals surface area contributed by atoms with Crippen LogP contribution in [0.25, 0.3) is 0 Å². The number of anilines is 2. The number of rotatable bonds is 8. The number of halogens is 3. The highest BCUT2D eigenvalue weighted by Crippen LogP contribution is 2.55. The van der Waals surface area contributed by atoms with Gasteiger partial charge in [-0.05, 0) is 124 Å². The van der Waals surface area contributed by atoms with E-state index < -0.39 is 29.4 Å². The van der Waals surface area contributed by atoms with E-state index in [1.165, 1.54) is 67.2 Å². The first-order valence-electron chi connectivity index (χ1n) is 16.2. The third-order valence-electron chi connectivity index (χ3n) is 10.7. The predicted octanol–water partition coefficient (Wildman–Crippen LogP) is 6.14. The van der Waals surface area contributed by atoms with Gasteiger partial charge in [-0.3, -0.25) is 4.90 Å². The quantitative estimate of drug-likeness (QED) is 0.223. The van der Waals surface area contributed by atoms with Gasteiger partial charge in [0.15, 0.2) is 0 Å². The monoisotopic (exact) mass is 646 g/mol. The average molecular weight is 647 g/mol. The number of carbonyl (C=O) groups is 1. The van der Waals surface area contributed by atoms with Crippen molar-refractivity contribution in [2.24, 2.45) is 17.8 Å². The van der Waals surface area contributed by atoms with Crippen LogP contribution in [-0.4, -0.2) is 39.9 Å². The topological polar surface area (TPSA) is 116 Å². The maximum Gasteiger partial charge on any atom is 0.416 e. The number of H-pyrrole nitrogens is 1. The molecule has 2 heterocycles. The van der Waals surface area contributed by atoms with Crippen molar-refractivity contribution >= 4 is 17.6 Å². The number of nitrogens with one attached hydrogen (secondary N) is 2. The number of nitriles is 1. The number of methoxy groups -OCH3 is 1. The lowest BCUT2D eigenvalue weighted by molar-refractivity contribution is -0.138. The zero-order valence-corrected chi connectivity index (χ0v) is 26.4. The molecule has 2 N–H and O–H groups in total. The highest BCUT2D eigenvalue weighted by atomic mass is 19.4. The molecule has 4 aliphatic carbocycles. The summed E-state index contributed by atoms with van der Waals surface area (Å²) >= 11 is 0. The molecule has 246 valence electrons. The number of benzene rings is 2. The van der Waals surface area contributed by atoms with Gasteiger partial charge in [0.1, 0.15) is 6.04 Å². The van der Waals surface area contributed by atoms with Crippen molar-refractivity contribution in [2.75, 3.05) is 18.6 Å². The van der Waals surface area contributed by atoms with Gasteiger partial charge in [0.25, 0.3) is 0 Å². The molecule has 8 rings (SSSR count). The fourth-order valence-corrected chi connectivity index (χ4v) is 9.20. The van der Waals surface area contributed by atoms with Crippen molar-refractivity contribution in [3.05, 3.63) is 86.5 Å². The number of ether oxygens (including phenoxy) is 1. The summed E-state index contributed by atoms with van der Waals surface area (Å²) < 4.78 is 47.5. The molecule has 5 aliphatic rings. The molecule has 0 spiro atoms. The molecule has 3 aromatic rings. The number of aromatic nitrogens is 3. The molecule has 0 saturated heterocycles. The van der Waals surface area contributed by atoms with Crippen molar-refractivity contribution in [1.82, 2.24) is 20.1 Å². The summed E-state index contributed by atoms with van der Waals surface area (Å²) in [6.45, 7) is 2.40. The van der Waals surface area contributed by atoms with Gasteiger partial charge in [-0.15, -0.1) is 5.10 Å². The molecule has 0 amide bonds. The molecule has 1 atom stereocenters. The van der Waals surface area contributed by atoms with Crippen LogP contribution in [-0.2, 0) is 22.1 Å². The molecular formula is C35H37F3N6O3. The Balaban J connectivity index is 1.25. The van der Waals surface area contributed by atoms with E-state index in [4.69, 9.17) is 4.74 Å². The van der Waals surface area contributed by atoms with Gasteiger partial charge < -0.3 is 10.1 Å². The van der Waals surface area contributed by atoms with Crippen LogP contribution in [0.1, 0.15) is 80.2 Å². The Morgan fingerprint density at radius 3 is 2.47 bits per heavy atom. The molecule has 0 radical (unpaired) electrons. The predicted molar refractivity (Wildman–Crippen MR) is 168 cm³/mol. The summed E-state index contributed by atoms with van der Waals surface area (Å²) in [5.41, 5.74) is 0.964. The van der Waals surface area contributed by atoms with Crippen LogP contribution >= 0.6 is 0 Å². The summed E-state index contributed by atoms with van der Waals surface area (Å²) in [7, 11) is 1.22. The maximum atomic E-state index is 13.7. The van der Waals surface area contributed by atoms with Crippen molar-refractivity contribution in [3.8, 4) is 6.07 Å². The molecule has 4 saturated carbocycles. The van der Waals surface area contributed by atoms with E-state index in [1.54, 1.807) is 25.1 Å². The minimum Gasteiger partial charge on any atom is -0.466 e. The van der Waals surface area contributed by atoms with Gasteiger partial charge in [0.2, 0.25) is 5.95 Å². The van der Waals surface area contributed by atoms with Crippen molar-refractivity contribution in [2.45, 2.75) is 76.0 Å². The molecule has 9 nitrogen and oxygen atoms in total. The number of alkyl halides is 3. The Labute approximate surface area is 270 Å². The minimum absolute atomic E-state index is 0.0308. The van der Waals surface area contributed by atoms with Gasteiger partial charge in [-0.2, -0.15) is 18.4 Å². The van der Waals surface area contributed by atoms with Crippen molar-refractivity contribution < 1.29 is 22.7 Å². The van der Waals surface area contributed by atoms with E-state index >= 15 is 0 Å². The second-order valence-corrected chi connectivity index (χ2v) is 13.7. The Kier molecular flexibility index (Phi) is 7.78. The number of hydrogen-bond donors (Lipinski definition) is 2. The summed E-state index contributed by atoms with van der Waals surface area (Å²) in [6, 6.07) is 11.0. The van der Waals surface area contributed by atoms with Gasteiger partial charge in [0, 0.05) is 16.9 Å². The SMILES string of the molecule is COC(=O)C1=C(C)N(c2cccc(C(F)(F)F)c2)c2n[nH]c(=O)n2[C@@H]1c1ccc(C#N)cc1CCCNC12CC3CC(CC(C3)C1)C2. The molecule has 1 aromatic heterocycles. The largest absolute Gasteiger partial charge is 0.466 e. The van der Waals surface area contributed by atoms with Crippen LogP contribution in [0.2, 0.25) is 0 Å². The lowest BCUT2D eigenvalue weighted by Crippen LogP contribution is -2.58. The van der Waals surface area contributed by atoms with Crippen LogP contribution < -0.4 is 15.9 Å². The van der Waals surface area contributed by atoms with E-state index in [1.807, 2.05) is 0 Å². The normalized spacial score (nSPS) is 26.3. The van der Waals surface area contributed by atoms with E-state index in [-0.39, 0.29) is 28.4 Å². The minimum atomic E-state index is -4.61. The Morgan fingerprint density at radius 1 is 1.13 bits per heavy atom. The highest BCUT2D eigenvalue weighted by Gasteiger charge is 2.50. The van der Waals surface area contributed by atoms with Gasteiger partial charge in [-0.25, -0.2) is 19.3 Å². The summed E-state index contributed by atoms with van der Waals surface area (Å²) in [5.74, 6) is 1.77. The number of esters is 1. The summed E-state index contributed by atoms with van der Waals surface area (Å²) in [6.07, 6.45) is 4.54. The molecule has 1 aliphatic heterocycles. The van der Waals surface area contributed by atoms with Crippen LogP contribution in [0.4, 0.5) is 24.8 Å². The standard InChI is InChI=1S/C35H37F3N6O3/c1-20-29(31(45)47-2)30(44-32(41-42-33(44)46)43(20)27-7-3-6-26(15-27)35(36,37)38)28-9-8-21(19-39)14-25(28)5-4-10-40-34-16-22-11-23(17-34)13-24(12-22)18-34/h3,6-9,14-15,22-24,30,40H,4-5,10-13,16-18H2,1-2H3,(H,42,46)/t22?,23?,24?,30-,34?/m1/s1. The summed E-state index contributed by atoms with van der Waals surface area (Å²) in [5, 5.41) is 20.3. The fraction of sp³-hybridized carbons (Fsp3) is 0.486. The summed E-state index contributed by atoms with van der Waals surface area (Å²) in [4.78, 5) is 28.3. The fourth-order valence-electron chi connectivity index (χ4n) is 9.20. The first-order valence-corrected chi connectivity index (χ1v) is 16.2. The van der Waals surface area contributed by atoms with Crippen LogP contribution in [0.3, 0.4) is 0 Å². The number of hydrogen-bond acceptors (Lipinski definition) is 7. The van der Waals surface area contributed by atoms with E-state index in [0.717, 1.165) is 48.4 Å². The van der Waals surface area contributed by atoms with E-state index in [9.17, 15) is 28.0 Å². The van der Waals surface area contributed by atoms with Crippen molar-refractivity contribution in [3.63, 3.8) is 0 Å². The van der Waals surface area contributed by atoms with Gasteiger partial charge in [0.05, 0.1) is 29.9 Å². The molecule has 47 heavy (non-hydrogen) atoms. The smallest absolute Gasteiger partial charge is 0.416 e. The van der Waals surface area contributed by atoms with Crippen LogP contribution in [0.5, 0.6) is 0 Å². The molecule has 2 aromatic carbocycles. The number of fused-ring (bicyclic) bond motifs is 1. The van der Waals surface area contributed by atoms with Crippen molar-refractivity contribution in [1.29, 1.82) is 5.26 Å². The lowest BCUT2D eigenvalue weighted by Gasteiger charge is -2.57. The van der Waals surface area contributed by atoms with E-state index in [2.05, 4.69) is 21.6 Å². The Hall–Kier alpha value is -4.37. The Morgan fingerprint density at radius 2 is 1.83 bits per heavy atom. The van der Waals surface area contributed by atoms with Crippen LogP contribution in [0.15, 0.2) is 58.5 Å². The second kappa shape index (κ2) is 11.7. The molecule has 12 heteroatoms. The second-order valence-electron chi connectivity index (χ2n) is 13.7. The third-order valence-corrected chi connectivity index (χ3v) is 10.7. The highest BCUT2D eigenvalue weighted by molar-refractivity contribution is 5.93. The van der Waals surface area contributed by atoms with Gasteiger partial charge in [-0.1, -0.05) is 12.1 Å². The third kappa shape index (κ3) is 5.54. The number of nitrogens with zero attached hydrogens (tertiary/aromatic N) is 4. The number of aromatic amines is 1. The first kappa shape index (κ1) is 31.2. The van der Waals surface area contributed by atoms with E-state index in [0.29, 0.717) is 17.5 Å². The first-order chi connectivity index (χ1) is 22.5. The molecule has 4 bridgehead atoms. The average Bonchev–Trinajstić information content (AvgIpc) is 3.41. The maximum absolute atomic E-state index is 13.7. The number of carbonyl (C=O) groups excluding carboxylic acids is 1. The number of allylic oxidation sites excluding steroid dienone is 1.